The highest BCUT2D eigenvalue weighted by Gasteiger charge is 2.63. The molecule has 8 atom stereocenters. The fraction of sp³-hybridized carbons (Fsp3) is 1.00. The van der Waals surface area contributed by atoms with E-state index < -0.39 is 30.6 Å². The molecule has 1 heterocycles. The number of hydrogen-bond acceptors (Lipinski definition) is 5. The number of nitrogens with zero attached hydrogens (tertiary/aromatic N) is 1. The summed E-state index contributed by atoms with van der Waals surface area (Å²) in [6.45, 7) is 2.52. The van der Waals surface area contributed by atoms with Gasteiger partial charge in [-0.3, -0.25) is 4.90 Å². The number of halogens is 1. The van der Waals surface area contributed by atoms with E-state index >= 15 is 0 Å². The zero-order chi connectivity index (χ0) is 14.9. The molecule has 1 aliphatic heterocycles. The van der Waals surface area contributed by atoms with E-state index in [9.17, 15) is 24.8 Å². The van der Waals surface area contributed by atoms with Crippen molar-refractivity contribution in [1.82, 2.24) is 4.90 Å². The molecule has 2 rings (SSSR count). The van der Waals surface area contributed by atoms with Gasteiger partial charge in [-0.15, -0.1) is 0 Å². The summed E-state index contributed by atoms with van der Waals surface area (Å²) < 4.78 is 13.7. The Bertz CT molecular complexity index is 300. The maximum Gasteiger partial charge on any atom is 0.110 e. The van der Waals surface area contributed by atoms with E-state index in [1.807, 2.05) is 0 Å². The van der Waals surface area contributed by atoms with Crippen molar-refractivity contribution < 1.29 is 24.8 Å². The molecule has 2 unspecified atom stereocenters. The van der Waals surface area contributed by atoms with Gasteiger partial charge in [0.1, 0.15) is 18.4 Å². The number of unbranched alkanes of at least 4 members (excludes halogenated alkanes) is 2. The van der Waals surface area contributed by atoms with Gasteiger partial charge in [0, 0.05) is 6.54 Å². The SMILES string of the molecule is CCCCCC(F)CCN1[C@@H]2[C@H](O)[C@@H](O)[C@H](O)[C@@H](O)[C@@H]21. The minimum atomic E-state index is -1.33. The average molecular weight is 291 g/mol. The Morgan fingerprint density at radius 3 is 1.95 bits per heavy atom. The van der Waals surface area contributed by atoms with Crippen molar-refractivity contribution >= 4 is 0 Å². The third-order valence-corrected chi connectivity index (χ3v) is 4.60. The van der Waals surface area contributed by atoms with E-state index in [-0.39, 0.29) is 12.1 Å². The topological polar surface area (TPSA) is 83.9 Å². The van der Waals surface area contributed by atoms with Gasteiger partial charge in [-0.1, -0.05) is 26.2 Å². The summed E-state index contributed by atoms with van der Waals surface area (Å²) >= 11 is 0. The molecule has 1 saturated heterocycles. The van der Waals surface area contributed by atoms with Crippen LogP contribution in [0.5, 0.6) is 0 Å². The summed E-state index contributed by atoms with van der Waals surface area (Å²) in [6, 6.07) is -0.711. The van der Waals surface area contributed by atoms with E-state index in [2.05, 4.69) is 6.92 Å². The molecule has 0 aromatic heterocycles. The molecule has 0 aromatic rings. The summed E-state index contributed by atoms with van der Waals surface area (Å²) in [5.74, 6) is 0. The van der Waals surface area contributed by atoms with E-state index in [4.69, 9.17) is 0 Å². The predicted octanol–water partition coefficient (Wildman–Crippen LogP) is -0.195. The van der Waals surface area contributed by atoms with Gasteiger partial charge in [0.05, 0.1) is 24.3 Å². The summed E-state index contributed by atoms with van der Waals surface area (Å²) in [6.07, 6.45) is -1.78. The highest BCUT2D eigenvalue weighted by atomic mass is 19.1. The molecule has 0 aromatic carbocycles. The molecule has 0 amide bonds. The van der Waals surface area contributed by atoms with Gasteiger partial charge in [-0.05, 0) is 12.8 Å². The second-order valence-electron chi connectivity index (χ2n) is 6.06. The van der Waals surface area contributed by atoms with Crippen molar-refractivity contribution in [1.29, 1.82) is 0 Å². The number of hydrogen-bond donors (Lipinski definition) is 4. The largest absolute Gasteiger partial charge is 0.389 e. The van der Waals surface area contributed by atoms with E-state index in [0.717, 1.165) is 19.3 Å². The smallest absolute Gasteiger partial charge is 0.110 e. The highest BCUT2D eigenvalue weighted by Crippen LogP contribution is 2.41. The first-order valence-electron chi connectivity index (χ1n) is 7.61. The van der Waals surface area contributed by atoms with Crippen molar-refractivity contribution in [3.63, 3.8) is 0 Å². The number of likely N-dealkylation sites (tertiary alicyclic amines) is 1. The maximum atomic E-state index is 13.7. The van der Waals surface area contributed by atoms with Crippen LogP contribution in [0.2, 0.25) is 0 Å². The molecule has 0 spiro atoms. The van der Waals surface area contributed by atoms with Crippen molar-refractivity contribution in [2.75, 3.05) is 6.54 Å². The summed E-state index contributed by atoms with van der Waals surface area (Å²) in [5, 5.41) is 38.8. The average Bonchev–Trinajstić information content (AvgIpc) is 3.15. The van der Waals surface area contributed by atoms with Crippen molar-refractivity contribution in [3.8, 4) is 0 Å². The Morgan fingerprint density at radius 2 is 1.45 bits per heavy atom. The first-order chi connectivity index (χ1) is 9.49. The second kappa shape index (κ2) is 6.66. The zero-order valence-corrected chi connectivity index (χ0v) is 11.9. The highest BCUT2D eigenvalue weighted by molar-refractivity contribution is 5.17. The third kappa shape index (κ3) is 3.14. The van der Waals surface area contributed by atoms with Crippen molar-refractivity contribution in [3.05, 3.63) is 0 Å². The fourth-order valence-corrected chi connectivity index (χ4v) is 3.27. The molecule has 0 bridgehead atoms. The van der Waals surface area contributed by atoms with Gasteiger partial charge in [0.25, 0.3) is 0 Å². The van der Waals surface area contributed by atoms with Gasteiger partial charge >= 0.3 is 0 Å². The molecule has 6 heteroatoms. The van der Waals surface area contributed by atoms with Gasteiger partial charge in [0.2, 0.25) is 0 Å². The van der Waals surface area contributed by atoms with Crippen LogP contribution in [-0.4, -0.2) is 74.5 Å². The normalized spacial score (nSPS) is 45.0. The molecule has 2 aliphatic rings. The number of fused-ring (bicyclic) bond motifs is 1. The lowest BCUT2D eigenvalue weighted by Gasteiger charge is -2.30. The maximum absolute atomic E-state index is 13.7. The summed E-state index contributed by atoms with van der Waals surface area (Å²) in [4.78, 5) is 1.78. The summed E-state index contributed by atoms with van der Waals surface area (Å²) in [7, 11) is 0. The molecule has 0 radical (unpaired) electrons. The first kappa shape index (κ1) is 16.1. The Hall–Kier alpha value is -0.270. The van der Waals surface area contributed by atoms with Crippen LogP contribution in [0, 0.1) is 0 Å². The molecule has 20 heavy (non-hydrogen) atoms. The second-order valence-corrected chi connectivity index (χ2v) is 6.06. The Labute approximate surface area is 119 Å². The first-order valence-corrected chi connectivity index (χ1v) is 7.61. The minimum Gasteiger partial charge on any atom is -0.389 e. The number of aliphatic hydroxyl groups is 4. The molecule has 1 saturated carbocycles. The van der Waals surface area contributed by atoms with Crippen LogP contribution in [0.1, 0.15) is 39.0 Å². The van der Waals surface area contributed by atoms with Crippen LogP contribution in [0.3, 0.4) is 0 Å². The fourth-order valence-electron chi connectivity index (χ4n) is 3.27. The van der Waals surface area contributed by atoms with Crippen LogP contribution >= 0.6 is 0 Å². The summed E-state index contributed by atoms with van der Waals surface area (Å²) in [5.41, 5.74) is 0. The van der Waals surface area contributed by atoms with E-state index in [1.54, 1.807) is 4.90 Å². The molecule has 118 valence electrons. The van der Waals surface area contributed by atoms with Crippen LogP contribution in [-0.2, 0) is 0 Å². The monoisotopic (exact) mass is 291 g/mol. The molecule has 1 aliphatic carbocycles. The van der Waals surface area contributed by atoms with Crippen molar-refractivity contribution in [2.24, 2.45) is 0 Å². The molecule has 2 fully saturated rings. The number of alkyl halides is 1. The van der Waals surface area contributed by atoms with Crippen LogP contribution in [0.15, 0.2) is 0 Å². The molecule has 5 nitrogen and oxygen atoms in total. The predicted molar refractivity (Wildman–Crippen MR) is 72.0 cm³/mol. The minimum absolute atomic E-state index is 0.355. The standard InChI is InChI=1S/C14H26FNO4/c1-2-3-4-5-8(15)6-7-16-9-10(16)12(18)14(20)13(19)11(9)17/h8-14,17-20H,2-7H2,1H3/t8?,9-,10+,11-,12-,13+,14+,16?/m0/s1. The number of rotatable bonds is 7. The van der Waals surface area contributed by atoms with Gasteiger partial charge in [0.15, 0.2) is 0 Å². The molecular weight excluding hydrogens is 265 g/mol. The lowest BCUT2D eigenvalue weighted by Crippen LogP contribution is -2.53. The van der Waals surface area contributed by atoms with Crippen LogP contribution in [0.25, 0.3) is 0 Å². The van der Waals surface area contributed by atoms with Crippen LogP contribution in [0.4, 0.5) is 4.39 Å². The zero-order valence-electron chi connectivity index (χ0n) is 11.9. The third-order valence-electron chi connectivity index (χ3n) is 4.60. The number of aliphatic hydroxyl groups excluding tert-OH is 4. The van der Waals surface area contributed by atoms with Crippen molar-refractivity contribution in [2.45, 2.75) is 81.7 Å². The molecular formula is C14H26FNO4. The quantitative estimate of drug-likeness (QED) is 0.386. The van der Waals surface area contributed by atoms with Gasteiger partial charge in [-0.2, -0.15) is 0 Å². The van der Waals surface area contributed by atoms with Crippen LogP contribution < -0.4 is 0 Å². The van der Waals surface area contributed by atoms with Gasteiger partial charge < -0.3 is 20.4 Å². The Morgan fingerprint density at radius 1 is 0.900 bits per heavy atom. The lowest BCUT2D eigenvalue weighted by atomic mass is 9.90. The van der Waals surface area contributed by atoms with Gasteiger partial charge in [-0.25, -0.2) is 4.39 Å². The van der Waals surface area contributed by atoms with E-state index in [1.165, 1.54) is 0 Å². The lowest BCUT2D eigenvalue weighted by molar-refractivity contribution is -0.121. The van der Waals surface area contributed by atoms with E-state index in [0.29, 0.717) is 19.4 Å². The Balaban J connectivity index is 1.76. The Kier molecular flexibility index (Phi) is 5.36. The molecule has 4 N–H and O–H groups in total.